The Bertz CT molecular complexity index is 508. The third-order valence-corrected chi connectivity index (χ3v) is 2.09. The summed E-state index contributed by atoms with van der Waals surface area (Å²) in [6, 6.07) is 18.4. The molecule has 0 saturated heterocycles. The van der Waals surface area contributed by atoms with E-state index in [1.54, 1.807) is 24.3 Å². The number of thiocarbonyl (C=S) groups is 2. The molecule has 0 radical (unpaired) electrons. The van der Waals surface area contributed by atoms with Crippen molar-refractivity contribution in [1.29, 1.82) is 0 Å². The molecule has 0 fully saturated rings. The van der Waals surface area contributed by atoms with E-state index in [1.807, 2.05) is 36.4 Å². The monoisotopic (exact) mass is 330 g/mol. The number of hydrogen-bond donors (Lipinski definition) is 2. The van der Waals surface area contributed by atoms with Crippen LogP contribution in [0.3, 0.4) is 0 Å². The standard InChI is InChI=1S/2C7H7NOS.Na.H/c2*8-7(10)9-6-4-2-1-3-5-6;;/h2*1-5H,(H2,8,10);;/q;;+1;-1. The number of para-hydroxylation sites is 2. The quantitative estimate of drug-likeness (QED) is 0.584. The van der Waals surface area contributed by atoms with Crippen molar-refractivity contribution in [2.24, 2.45) is 11.5 Å². The molecular formula is C14H15N2NaO2S2. The van der Waals surface area contributed by atoms with Crippen LogP contribution in [0.5, 0.6) is 11.5 Å². The van der Waals surface area contributed by atoms with Gasteiger partial charge in [-0.1, -0.05) is 36.4 Å². The smallest absolute Gasteiger partial charge is 1.00 e. The topological polar surface area (TPSA) is 70.5 Å². The van der Waals surface area contributed by atoms with Crippen molar-refractivity contribution in [3.8, 4) is 11.5 Å². The second-order valence-corrected chi connectivity index (χ2v) is 4.27. The molecule has 0 aliphatic heterocycles. The van der Waals surface area contributed by atoms with Crippen molar-refractivity contribution < 1.29 is 40.5 Å². The van der Waals surface area contributed by atoms with E-state index in [-0.39, 0.29) is 41.3 Å². The second-order valence-electron chi connectivity index (χ2n) is 3.47. The van der Waals surface area contributed by atoms with Crippen molar-refractivity contribution in [3.05, 3.63) is 60.7 Å². The Morgan fingerprint density at radius 3 is 1.24 bits per heavy atom. The van der Waals surface area contributed by atoms with Gasteiger partial charge in [0.05, 0.1) is 0 Å². The molecule has 0 amide bonds. The Morgan fingerprint density at radius 1 is 0.714 bits per heavy atom. The first-order valence-electron chi connectivity index (χ1n) is 5.62. The molecule has 4 nitrogen and oxygen atoms in total. The molecule has 0 bridgehead atoms. The van der Waals surface area contributed by atoms with Crippen LogP contribution in [0, 0.1) is 0 Å². The summed E-state index contributed by atoms with van der Waals surface area (Å²) < 4.78 is 9.85. The maximum atomic E-state index is 5.13. The molecule has 0 saturated carbocycles. The molecule has 7 heteroatoms. The van der Waals surface area contributed by atoms with Gasteiger partial charge < -0.3 is 22.4 Å². The third-order valence-electron chi connectivity index (χ3n) is 1.92. The fourth-order valence-corrected chi connectivity index (χ4v) is 1.40. The van der Waals surface area contributed by atoms with E-state index >= 15 is 0 Å². The summed E-state index contributed by atoms with van der Waals surface area (Å²) in [4.78, 5) is 0. The molecule has 2 aromatic rings. The SMILES string of the molecule is NC(=S)Oc1ccccc1.NC(=S)Oc1ccccc1.[H-].[Na+]. The molecule has 0 heterocycles. The zero-order valence-electron chi connectivity index (χ0n) is 12.6. The Hall–Kier alpha value is -1.18. The van der Waals surface area contributed by atoms with E-state index in [0.29, 0.717) is 11.5 Å². The maximum Gasteiger partial charge on any atom is 1.00 e. The normalized spacial score (nSPS) is 8.38. The van der Waals surface area contributed by atoms with Gasteiger partial charge in [0.15, 0.2) is 0 Å². The van der Waals surface area contributed by atoms with Gasteiger partial charge in [0.25, 0.3) is 10.3 Å². The zero-order valence-corrected chi connectivity index (χ0v) is 15.2. The van der Waals surface area contributed by atoms with Crippen LogP contribution < -0.4 is 50.5 Å². The summed E-state index contributed by atoms with van der Waals surface area (Å²) >= 11 is 9.07. The third kappa shape index (κ3) is 10.2. The number of benzene rings is 2. The minimum Gasteiger partial charge on any atom is -1.00 e. The molecule has 2 aromatic carbocycles. The van der Waals surface area contributed by atoms with Gasteiger partial charge in [-0.3, -0.25) is 0 Å². The number of nitrogens with two attached hydrogens (primary N) is 2. The van der Waals surface area contributed by atoms with Crippen molar-refractivity contribution in [2.75, 3.05) is 0 Å². The first kappa shape index (κ1) is 19.8. The molecule has 0 spiro atoms. The molecule has 0 atom stereocenters. The largest absolute Gasteiger partial charge is 1.00 e. The molecule has 0 aliphatic rings. The van der Waals surface area contributed by atoms with E-state index in [1.165, 1.54) is 0 Å². The van der Waals surface area contributed by atoms with Crippen molar-refractivity contribution >= 4 is 34.8 Å². The summed E-state index contributed by atoms with van der Waals surface area (Å²) in [5.41, 5.74) is 10.3. The summed E-state index contributed by atoms with van der Waals surface area (Å²) in [5, 5.41) is 0.0948. The Morgan fingerprint density at radius 2 is 1.00 bits per heavy atom. The molecule has 21 heavy (non-hydrogen) atoms. The van der Waals surface area contributed by atoms with Gasteiger partial charge in [-0.15, -0.1) is 0 Å². The number of hydrogen-bond acceptors (Lipinski definition) is 4. The molecular weight excluding hydrogens is 315 g/mol. The Kier molecular flexibility index (Phi) is 10.8. The second kappa shape index (κ2) is 11.5. The predicted molar refractivity (Wildman–Crippen MR) is 88.8 cm³/mol. The number of ether oxygens (including phenoxy) is 2. The van der Waals surface area contributed by atoms with E-state index in [0.717, 1.165) is 0 Å². The van der Waals surface area contributed by atoms with Gasteiger partial charge in [0.1, 0.15) is 11.5 Å². The molecule has 0 unspecified atom stereocenters. The van der Waals surface area contributed by atoms with Crippen LogP contribution in [0.2, 0.25) is 0 Å². The first-order chi connectivity index (χ1) is 9.58. The predicted octanol–water partition coefficient (Wildman–Crippen LogP) is -0.265. The Balaban J connectivity index is 0. The van der Waals surface area contributed by atoms with Crippen LogP contribution in [-0.4, -0.2) is 10.3 Å². The maximum absolute atomic E-state index is 5.13. The average molecular weight is 330 g/mol. The average Bonchev–Trinajstić information content (AvgIpc) is 2.40. The minimum atomic E-state index is 0. The van der Waals surface area contributed by atoms with Gasteiger partial charge in [-0.25, -0.2) is 0 Å². The minimum absolute atomic E-state index is 0. The summed E-state index contributed by atoms with van der Waals surface area (Å²) in [6.45, 7) is 0. The first-order valence-corrected chi connectivity index (χ1v) is 6.44. The molecule has 4 N–H and O–H groups in total. The van der Waals surface area contributed by atoms with Crippen LogP contribution in [0.4, 0.5) is 0 Å². The van der Waals surface area contributed by atoms with E-state index in [9.17, 15) is 0 Å². The van der Waals surface area contributed by atoms with Crippen LogP contribution in [0.25, 0.3) is 0 Å². The van der Waals surface area contributed by atoms with Gasteiger partial charge in [0.2, 0.25) is 0 Å². The van der Waals surface area contributed by atoms with Crippen LogP contribution in [-0.2, 0) is 0 Å². The van der Waals surface area contributed by atoms with E-state index < -0.39 is 0 Å². The van der Waals surface area contributed by atoms with Crippen LogP contribution in [0.15, 0.2) is 60.7 Å². The van der Waals surface area contributed by atoms with Crippen molar-refractivity contribution in [2.45, 2.75) is 0 Å². The van der Waals surface area contributed by atoms with Crippen molar-refractivity contribution in [1.82, 2.24) is 0 Å². The number of rotatable bonds is 2. The van der Waals surface area contributed by atoms with Crippen LogP contribution >= 0.6 is 24.4 Å². The zero-order chi connectivity index (χ0) is 14.8. The van der Waals surface area contributed by atoms with E-state index in [4.69, 9.17) is 20.9 Å². The Labute approximate surface area is 158 Å². The molecule has 0 aliphatic carbocycles. The fraction of sp³-hybridized carbons (Fsp3) is 0. The van der Waals surface area contributed by atoms with Gasteiger partial charge >= 0.3 is 29.6 Å². The van der Waals surface area contributed by atoms with Gasteiger partial charge in [-0.2, -0.15) is 0 Å². The van der Waals surface area contributed by atoms with Crippen LogP contribution in [0.1, 0.15) is 1.43 Å². The molecule has 106 valence electrons. The fourth-order valence-electron chi connectivity index (χ4n) is 1.21. The van der Waals surface area contributed by atoms with Gasteiger partial charge in [-0.05, 0) is 48.7 Å². The van der Waals surface area contributed by atoms with Gasteiger partial charge in [0, 0.05) is 0 Å². The van der Waals surface area contributed by atoms with E-state index in [2.05, 4.69) is 24.4 Å². The molecule has 2 rings (SSSR count). The summed E-state index contributed by atoms with van der Waals surface area (Å²) in [7, 11) is 0. The summed E-state index contributed by atoms with van der Waals surface area (Å²) in [5.74, 6) is 1.35. The summed E-state index contributed by atoms with van der Waals surface area (Å²) in [6.07, 6.45) is 0. The molecule has 0 aromatic heterocycles. The van der Waals surface area contributed by atoms with Crippen molar-refractivity contribution in [3.63, 3.8) is 0 Å².